The van der Waals surface area contributed by atoms with E-state index in [-0.39, 0.29) is 17.4 Å². The maximum absolute atomic E-state index is 14.2. The van der Waals surface area contributed by atoms with Gasteiger partial charge in [0.15, 0.2) is 9.84 Å². The van der Waals surface area contributed by atoms with Crippen LogP contribution in [0.25, 0.3) is 0 Å². The van der Waals surface area contributed by atoms with Crippen LogP contribution in [0.4, 0.5) is 5.69 Å². The molecular formula is C25H26N2O3S. The molecule has 3 heterocycles. The third-order valence-electron chi connectivity index (χ3n) is 9.35. The van der Waals surface area contributed by atoms with Crippen LogP contribution in [0.1, 0.15) is 44.1 Å². The van der Waals surface area contributed by atoms with E-state index in [0.29, 0.717) is 17.7 Å². The normalized spacial score (nSPS) is 39.6. The number of nitrogens with zero attached hydrogens (tertiary/aromatic N) is 1. The molecule has 6 aliphatic rings. The Kier molecular flexibility index (Phi) is 3.25. The summed E-state index contributed by atoms with van der Waals surface area (Å²) in [4.78, 5) is 15.9. The minimum absolute atomic E-state index is 0.105. The number of amides is 1. The van der Waals surface area contributed by atoms with Crippen molar-refractivity contribution < 1.29 is 13.2 Å². The van der Waals surface area contributed by atoms with Crippen LogP contribution < -0.4 is 5.32 Å². The van der Waals surface area contributed by atoms with Crippen molar-refractivity contribution >= 4 is 21.4 Å². The predicted octanol–water partition coefficient (Wildman–Crippen LogP) is 3.51. The average molecular weight is 435 g/mol. The molecule has 3 unspecified atom stereocenters. The second-order valence-corrected chi connectivity index (χ2v) is 12.4. The van der Waals surface area contributed by atoms with Crippen molar-refractivity contribution in [1.82, 2.24) is 4.90 Å². The van der Waals surface area contributed by atoms with Crippen molar-refractivity contribution in [2.24, 2.45) is 5.41 Å². The quantitative estimate of drug-likeness (QED) is 0.786. The number of carbonyl (C=O) groups is 1. The fourth-order valence-electron chi connectivity index (χ4n) is 8.44. The Morgan fingerprint density at radius 3 is 2.58 bits per heavy atom. The molecule has 31 heavy (non-hydrogen) atoms. The minimum Gasteiger partial charge on any atom is -0.377 e. The summed E-state index contributed by atoms with van der Waals surface area (Å²) in [6.07, 6.45) is 4.84. The van der Waals surface area contributed by atoms with Gasteiger partial charge in [0, 0.05) is 24.7 Å². The van der Waals surface area contributed by atoms with Gasteiger partial charge in [0.2, 0.25) is 5.91 Å². The van der Waals surface area contributed by atoms with Gasteiger partial charge in [-0.05, 0) is 61.3 Å². The summed E-state index contributed by atoms with van der Waals surface area (Å²) in [5.41, 5.74) is 0.963. The SMILES string of the molecule is O=C1C[C@]23c4ccccc4NC24CCC2(CCCN1[C@@H]23)CC4S(=O)(=O)c1ccccc1. The number of benzene rings is 2. The predicted molar refractivity (Wildman–Crippen MR) is 118 cm³/mol. The molecule has 2 bridgehead atoms. The first-order valence-electron chi connectivity index (χ1n) is 11.4. The standard InChI is InChI=1S/C25H26N2O3S/c28-21-16-24-18-9-4-5-10-19(18)26-25(24)13-12-23(11-6-14-27(21)22(23)24)15-20(25)31(29,30)17-7-2-1-3-8-17/h1-5,7-10,20,22,26H,6,11-16H2/t20?,22-,23?,24+,25?/m0/s1. The molecule has 0 aromatic heterocycles. The van der Waals surface area contributed by atoms with E-state index in [9.17, 15) is 13.2 Å². The summed E-state index contributed by atoms with van der Waals surface area (Å²) in [5, 5.41) is 3.24. The lowest BCUT2D eigenvalue weighted by atomic mass is 9.41. The fourth-order valence-corrected chi connectivity index (χ4v) is 10.8. The Hall–Kier alpha value is -2.34. The van der Waals surface area contributed by atoms with E-state index in [1.807, 2.05) is 18.2 Å². The first-order valence-corrected chi connectivity index (χ1v) is 13.0. The van der Waals surface area contributed by atoms with Crippen LogP contribution in [-0.4, -0.2) is 42.6 Å². The summed E-state index contributed by atoms with van der Waals surface area (Å²) in [5.74, 6) is 0.205. The highest BCUT2D eigenvalue weighted by Gasteiger charge is 2.81. The van der Waals surface area contributed by atoms with Crippen LogP contribution in [0.15, 0.2) is 59.5 Å². The summed E-state index contributed by atoms with van der Waals surface area (Å²) in [7, 11) is -3.57. The number of anilines is 1. The van der Waals surface area contributed by atoms with E-state index in [1.165, 1.54) is 0 Å². The summed E-state index contributed by atoms with van der Waals surface area (Å²) >= 11 is 0. The fraction of sp³-hybridized carbons (Fsp3) is 0.480. The number of para-hydroxylation sites is 1. The number of nitrogens with one attached hydrogen (secondary N) is 1. The molecule has 0 radical (unpaired) electrons. The highest BCUT2D eigenvalue weighted by molar-refractivity contribution is 7.92. The Bertz CT molecular complexity index is 1230. The second-order valence-electron chi connectivity index (χ2n) is 10.3. The van der Waals surface area contributed by atoms with E-state index in [1.54, 1.807) is 24.3 Å². The van der Waals surface area contributed by atoms with Crippen LogP contribution in [0.2, 0.25) is 0 Å². The van der Waals surface area contributed by atoms with Crippen LogP contribution in [0.3, 0.4) is 0 Å². The molecule has 6 heteroatoms. The molecule has 1 N–H and O–H groups in total. The van der Waals surface area contributed by atoms with Gasteiger partial charge in [-0.2, -0.15) is 0 Å². The van der Waals surface area contributed by atoms with Gasteiger partial charge in [-0.15, -0.1) is 0 Å². The molecule has 8 rings (SSSR count). The zero-order valence-corrected chi connectivity index (χ0v) is 18.2. The molecule has 3 spiro atoms. The molecule has 160 valence electrons. The average Bonchev–Trinajstić information content (AvgIpc) is 3.27. The number of sulfone groups is 1. The zero-order valence-electron chi connectivity index (χ0n) is 17.4. The van der Waals surface area contributed by atoms with Gasteiger partial charge >= 0.3 is 0 Å². The number of hydrogen-bond acceptors (Lipinski definition) is 4. The van der Waals surface area contributed by atoms with Crippen molar-refractivity contribution in [3.05, 3.63) is 60.2 Å². The number of carbonyl (C=O) groups excluding carboxylic acids is 1. The van der Waals surface area contributed by atoms with Crippen molar-refractivity contribution in [2.45, 2.75) is 65.7 Å². The zero-order chi connectivity index (χ0) is 21.1. The lowest BCUT2D eigenvalue weighted by Crippen LogP contribution is -2.78. The summed E-state index contributed by atoms with van der Waals surface area (Å²) in [6.45, 7) is 0.807. The van der Waals surface area contributed by atoms with Crippen LogP contribution in [-0.2, 0) is 20.0 Å². The first-order chi connectivity index (χ1) is 14.9. The maximum Gasteiger partial charge on any atom is 0.223 e. The van der Waals surface area contributed by atoms with Gasteiger partial charge in [0.25, 0.3) is 0 Å². The topological polar surface area (TPSA) is 66.5 Å². The van der Waals surface area contributed by atoms with Gasteiger partial charge in [-0.25, -0.2) is 8.42 Å². The van der Waals surface area contributed by atoms with Gasteiger partial charge in [-0.3, -0.25) is 4.79 Å². The Balaban J connectivity index is 1.53. The van der Waals surface area contributed by atoms with E-state index in [0.717, 1.165) is 43.5 Å². The van der Waals surface area contributed by atoms with Crippen LogP contribution in [0, 0.1) is 5.41 Å². The van der Waals surface area contributed by atoms with Crippen LogP contribution in [0.5, 0.6) is 0 Å². The largest absolute Gasteiger partial charge is 0.377 e. The van der Waals surface area contributed by atoms with Crippen LogP contribution >= 0.6 is 0 Å². The number of fused-ring (bicyclic) bond motifs is 3. The van der Waals surface area contributed by atoms with E-state index in [4.69, 9.17) is 0 Å². The number of hydrogen-bond donors (Lipinski definition) is 1. The lowest BCUT2D eigenvalue weighted by Gasteiger charge is -2.68. The summed E-state index contributed by atoms with van der Waals surface area (Å²) in [6, 6.07) is 17.3. The lowest BCUT2D eigenvalue weighted by molar-refractivity contribution is -0.138. The molecule has 5 nitrogen and oxygen atoms in total. The highest BCUT2D eigenvalue weighted by Crippen LogP contribution is 2.73. The van der Waals surface area contributed by atoms with Crippen molar-refractivity contribution in [1.29, 1.82) is 0 Å². The Morgan fingerprint density at radius 1 is 0.968 bits per heavy atom. The first kappa shape index (κ1) is 18.3. The highest BCUT2D eigenvalue weighted by atomic mass is 32.2. The molecule has 2 saturated heterocycles. The molecular weight excluding hydrogens is 408 g/mol. The second kappa shape index (κ2) is 5.52. The van der Waals surface area contributed by atoms with Crippen molar-refractivity contribution in [3.63, 3.8) is 0 Å². The van der Waals surface area contributed by atoms with Gasteiger partial charge < -0.3 is 10.2 Å². The third-order valence-corrected chi connectivity index (χ3v) is 11.6. The molecule has 3 aliphatic carbocycles. The van der Waals surface area contributed by atoms with Crippen molar-refractivity contribution in [3.8, 4) is 0 Å². The molecule has 2 aromatic rings. The number of rotatable bonds is 2. The molecule has 5 atom stereocenters. The van der Waals surface area contributed by atoms with E-state index in [2.05, 4.69) is 22.3 Å². The minimum atomic E-state index is -3.57. The third kappa shape index (κ3) is 1.87. The smallest absolute Gasteiger partial charge is 0.223 e. The molecule has 3 aliphatic heterocycles. The Morgan fingerprint density at radius 2 is 1.74 bits per heavy atom. The molecule has 2 aromatic carbocycles. The Labute approximate surface area is 182 Å². The molecule has 3 saturated carbocycles. The van der Waals surface area contributed by atoms with E-state index >= 15 is 0 Å². The van der Waals surface area contributed by atoms with Gasteiger partial charge in [0.1, 0.15) is 0 Å². The van der Waals surface area contributed by atoms with Gasteiger partial charge in [-0.1, -0.05) is 36.4 Å². The number of piperidine rings is 1. The van der Waals surface area contributed by atoms with Gasteiger partial charge in [0.05, 0.1) is 21.1 Å². The molecule has 5 fully saturated rings. The van der Waals surface area contributed by atoms with E-state index < -0.39 is 26.0 Å². The summed E-state index contributed by atoms with van der Waals surface area (Å²) < 4.78 is 28.3. The monoisotopic (exact) mass is 434 g/mol. The maximum atomic E-state index is 14.2. The molecule has 1 amide bonds. The van der Waals surface area contributed by atoms with Crippen molar-refractivity contribution in [2.75, 3.05) is 11.9 Å².